The Hall–Kier alpha value is -3.81. The molecule has 0 aromatic heterocycles. The maximum Gasteiger partial charge on any atom is 0.278 e. The predicted molar refractivity (Wildman–Crippen MR) is 143 cm³/mol. The second kappa shape index (κ2) is 11.1. The molecule has 1 aromatic rings. The number of rotatable bonds is 10. The molecule has 0 unspecified atom stereocenters. The fraction of sp³-hybridized carbons (Fsp3) is 0.370. The van der Waals surface area contributed by atoms with Gasteiger partial charge < -0.3 is 20.9 Å². The highest BCUT2D eigenvalue weighted by atomic mass is 16.1. The van der Waals surface area contributed by atoms with Crippen LogP contribution in [0.15, 0.2) is 59.1 Å². The highest BCUT2D eigenvalue weighted by Gasteiger charge is 2.20. The molecular formula is C27H35N7O. The van der Waals surface area contributed by atoms with Gasteiger partial charge in [-0.15, -0.1) is 0 Å². The number of nitrogens with zero attached hydrogens (tertiary/aromatic N) is 3. The summed E-state index contributed by atoms with van der Waals surface area (Å²) in [5.41, 5.74) is 11.0. The Morgan fingerprint density at radius 2 is 2.00 bits per heavy atom. The number of anilines is 1. The van der Waals surface area contributed by atoms with Gasteiger partial charge in [0.25, 0.3) is 5.56 Å². The number of fused-ring (bicyclic) bond motifs is 1. The summed E-state index contributed by atoms with van der Waals surface area (Å²) in [5.74, 6) is 0.622. The van der Waals surface area contributed by atoms with Crippen molar-refractivity contribution in [2.45, 2.75) is 46.0 Å². The average molecular weight is 474 g/mol. The van der Waals surface area contributed by atoms with Gasteiger partial charge in [0.15, 0.2) is 11.8 Å². The van der Waals surface area contributed by atoms with E-state index in [-0.39, 0.29) is 11.5 Å². The van der Waals surface area contributed by atoms with E-state index in [0.717, 1.165) is 54.9 Å². The SMILES string of the molecule is CCN(CC)c1ccc(-c2cn3c(=O)c(CC4=CCCC=C4)nc-3c(CCCNC(=N)N)[nH]2)cc1. The molecule has 0 fully saturated rings. The van der Waals surface area contributed by atoms with E-state index in [1.165, 1.54) is 5.69 Å². The van der Waals surface area contributed by atoms with Crippen LogP contribution in [0, 0.1) is 5.41 Å². The van der Waals surface area contributed by atoms with Crippen molar-refractivity contribution in [3.05, 3.63) is 76.0 Å². The molecule has 5 N–H and O–H groups in total. The number of aryl methyl sites for hydroxylation is 1. The summed E-state index contributed by atoms with van der Waals surface area (Å²) < 4.78 is 1.68. The molecule has 1 aromatic carbocycles. The zero-order valence-electron chi connectivity index (χ0n) is 20.6. The predicted octanol–water partition coefficient (Wildman–Crippen LogP) is 3.75. The van der Waals surface area contributed by atoms with Crippen LogP contribution < -0.4 is 21.5 Å². The van der Waals surface area contributed by atoms with Crippen molar-refractivity contribution in [1.82, 2.24) is 19.9 Å². The van der Waals surface area contributed by atoms with Gasteiger partial charge in [0, 0.05) is 37.9 Å². The monoisotopic (exact) mass is 473 g/mol. The molecule has 2 heterocycles. The number of aromatic amines is 1. The summed E-state index contributed by atoms with van der Waals surface area (Å²) in [6, 6.07) is 8.42. The van der Waals surface area contributed by atoms with Crippen LogP contribution in [0.5, 0.6) is 0 Å². The molecule has 0 bridgehead atoms. The van der Waals surface area contributed by atoms with Crippen molar-refractivity contribution in [2.75, 3.05) is 24.5 Å². The van der Waals surface area contributed by atoms with Crippen molar-refractivity contribution in [3.63, 3.8) is 0 Å². The lowest BCUT2D eigenvalue weighted by Gasteiger charge is -2.21. The first-order valence-electron chi connectivity index (χ1n) is 12.4. The lowest BCUT2D eigenvalue weighted by atomic mass is 10.0. The topological polar surface area (TPSA) is 116 Å². The van der Waals surface area contributed by atoms with E-state index in [0.29, 0.717) is 30.9 Å². The number of aromatic nitrogens is 3. The van der Waals surface area contributed by atoms with E-state index in [4.69, 9.17) is 16.1 Å². The molecule has 8 heteroatoms. The number of H-pyrrole nitrogens is 1. The molecule has 1 aliphatic carbocycles. The number of benzene rings is 1. The summed E-state index contributed by atoms with van der Waals surface area (Å²) in [4.78, 5) is 24.0. The Bertz CT molecular complexity index is 1250. The van der Waals surface area contributed by atoms with Crippen molar-refractivity contribution in [2.24, 2.45) is 5.73 Å². The standard InChI is InChI=1S/C27H35N7O/c1-3-33(4-2)21-14-12-20(13-15-21)24-18-34-25(22(31-24)11-8-16-30-27(28)29)32-23(26(34)35)17-19-9-6-5-7-10-19/h6,9-10,12-15,18,31H,3-5,7-8,11,16-17H2,1-2H3,(H4,28,29,30). The molecule has 0 saturated carbocycles. The molecule has 8 nitrogen and oxygen atoms in total. The zero-order chi connectivity index (χ0) is 24.8. The molecule has 0 radical (unpaired) electrons. The third-order valence-electron chi connectivity index (χ3n) is 6.42. The minimum Gasteiger partial charge on any atom is -0.372 e. The summed E-state index contributed by atoms with van der Waals surface area (Å²) in [7, 11) is 0. The van der Waals surface area contributed by atoms with Gasteiger partial charge in [0.05, 0.1) is 11.4 Å². The van der Waals surface area contributed by atoms with E-state index in [1.807, 2.05) is 6.20 Å². The van der Waals surface area contributed by atoms with Gasteiger partial charge in [-0.25, -0.2) is 4.98 Å². The number of allylic oxidation sites excluding steroid dienone is 4. The minimum absolute atomic E-state index is 0.0417. The molecule has 184 valence electrons. The van der Waals surface area contributed by atoms with E-state index in [9.17, 15) is 4.79 Å². The fourth-order valence-corrected chi connectivity index (χ4v) is 4.53. The zero-order valence-corrected chi connectivity index (χ0v) is 20.6. The second-order valence-electron chi connectivity index (χ2n) is 8.80. The van der Waals surface area contributed by atoms with Gasteiger partial charge in [0.1, 0.15) is 5.69 Å². The van der Waals surface area contributed by atoms with Crippen LogP contribution in [0.2, 0.25) is 0 Å². The molecule has 0 atom stereocenters. The molecule has 0 saturated heterocycles. The van der Waals surface area contributed by atoms with Gasteiger partial charge in [-0.2, -0.15) is 0 Å². The van der Waals surface area contributed by atoms with Crippen LogP contribution in [-0.2, 0) is 12.8 Å². The van der Waals surface area contributed by atoms with Gasteiger partial charge in [-0.1, -0.05) is 30.4 Å². The maximum absolute atomic E-state index is 13.3. The lowest BCUT2D eigenvalue weighted by molar-refractivity contribution is 0.742. The van der Waals surface area contributed by atoms with Gasteiger partial charge in [0.2, 0.25) is 0 Å². The van der Waals surface area contributed by atoms with Crippen LogP contribution in [0.1, 0.15) is 44.5 Å². The Morgan fingerprint density at radius 3 is 2.66 bits per heavy atom. The first-order chi connectivity index (χ1) is 17.0. The Labute approximate surface area is 206 Å². The van der Waals surface area contributed by atoms with E-state index in [2.05, 4.69) is 71.5 Å². The quantitative estimate of drug-likeness (QED) is 0.203. The summed E-state index contributed by atoms with van der Waals surface area (Å²) >= 11 is 0. The van der Waals surface area contributed by atoms with Crippen molar-refractivity contribution >= 4 is 11.6 Å². The third-order valence-corrected chi connectivity index (χ3v) is 6.42. The van der Waals surface area contributed by atoms with E-state index >= 15 is 0 Å². The number of hydrogen-bond donors (Lipinski definition) is 4. The molecule has 3 aliphatic rings. The highest BCUT2D eigenvalue weighted by molar-refractivity contribution is 5.74. The number of imidazole rings is 1. The van der Waals surface area contributed by atoms with E-state index in [1.54, 1.807) is 4.57 Å². The smallest absolute Gasteiger partial charge is 0.278 e. The maximum atomic E-state index is 13.3. The average Bonchev–Trinajstić information content (AvgIpc) is 3.18. The largest absolute Gasteiger partial charge is 0.372 e. The van der Waals surface area contributed by atoms with Crippen molar-refractivity contribution in [1.29, 1.82) is 5.41 Å². The van der Waals surface area contributed by atoms with Gasteiger partial charge >= 0.3 is 0 Å². The Balaban J connectivity index is 1.70. The fourth-order valence-electron chi connectivity index (χ4n) is 4.53. The number of nitrogens with two attached hydrogens (primary N) is 1. The van der Waals surface area contributed by atoms with Crippen molar-refractivity contribution in [3.8, 4) is 17.1 Å². The Kier molecular flexibility index (Phi) is 7.70. The van der Waals surface area contributed by atoms with Crippen LogP contribution in [0.25, 0.3) is 17.1 Å². The van der Waals surface area contributed by atoms with Crippen LogP contribution in [0.3, 0.4) is 0 Å². The van der Waals surface area contributed by atoms with Gasteiger partial charge in [-0.05, 0) is 62.8 Å². The molecule has 0 amide bonds. The summed E-state index contributed by atoms with van der Waals surface area (Å²) in [6.45, 7) is 6.79. The van der Waals surface area contributed by atoms with E-state index < -0.39 is 0 Å². The first-order valence-corrected chi connectivity index (χ1v) is 12.4. The number of guanidine groups is 1. The number of nitrogens with one attached hydrogen (secondary N) is 3. The first kappa shape index (κ1) is 24.3. The molecule has 35 heavy (non-hydrogen) atoms. The van der Waals surface area contributed by atoms with Crippen LogP contribution in [-0.4, -0.2) is 40.1 Å². The molecule has 4 rings (SSSR count). The number of hydrogen-bond acceptors (Lipinski definition) is 4. The van der Waals surface area contributed by atoms with Gasteiger partial charge in [-0.3, -0.25) is 14.8 Å². The normalized spacial score (nSPS) is 13.1. The third kappa shape index (κ3) is 5.65. The lowest BCUT2D eigenvalue weighted by Crippen LogP contribution is -2.31. The van der Waals surface area contributed by atoms with Crippen LogP contribution in [0.4, 0.5) is 5.69 Å². The molecular weight excluding hydrogens is 438 g/mol. The molecule has 2 aliphatic heterocycles. The molecule has 0 spiro atoms. The van der Waals surface area contributed by atoms with Crippen molar-refractivity contribution < 1.29 is 0 Å². The summed E-state index contributed by atoms with van der Waals surface area (Å²) in [6.07, 6.45) is 12.3. The van der Waals surface area contributed by atoms with Crippen LogP contribution >= 0.6 is 0 Å². The summed E-state index contributed by atoms with van der Waals surface area (Å²) in [5, 5.41) is 10.2. The highest BCUT2D eigenvalue weighted by Crippen LogP contribution is 2.25. The Morgan fingerprint density at radius 1 is 1.23 bits per heavy atom. The second-order valence-corrected chi connectivity index (χ2v) is 8.80. The minimum atomic E-state index is -0.0713.